The molecule has 0 aliphatic heterocycles. The van der Waals surface area contributed by atoms with E-state index in [9.17, 15) is 4.79 Å². The number of H-pyrrole nitrogens is 1. The van der Waals surface area contributed by atoms with Crippen LogP contribution in [0.3, 0.4) is 0 Å². The van der Waals surface area contributed by atoms with Crippen molar-refractivity contribution in [2.24, 2.45) is 0 Å². The van der Waals surface area contributed by atoms with Gasteiger partial charge < -0.3 is 9.40 Å². The highest BCUT2D eigenvalue weighted by Crippen LogP contribution is 2.18. The van der Waals surface area contributed by atoms with Gasteiger partial charge in [-0.25, -0.2) is 4.98 Å². The minimum Gasteiger partial charge on any atom is -0.452 e. The van der Waals surface area contributed by atoms with Gasteiger partial charge in [-0.05, 0) is 6.92 Å². The fourth-order valence-electron chi connectivity index (χ4n) is 1.16. The van der Waals surface area contributed by atoms with Crippen LogP contribution in [0.1, 0.15) is 11.3 Å². The third-order valence-electron chi connectivity index (χ3n) is 1.77. The van der Waals surface area contributed by atoms with Gasteiger partial charge in [-0.2, -0.15) is 5.26 Å². The second kappa shape index (κ2) is 2.45. The largest absolute Gasteiger partial charge is 0.452 e. The second-order valence-electron chi connectivity index (χ2n) is 2.55. The molecule has 13 heavy (non-hydrogen) atoms. The van der Waals surface area contributed by atoms with Gasteiger partial charge in [0.05, 0.1) is 6.33 Å². The molecule has 1 N–H and O–H groups in total. The highest BCUT2D eigenvalue weighted by molar-refractivity contribution is 5.79. The Morgan fingerprint density at radius 2 is 2.46 bits per heavy atom. The fourth-order valence-corrected chi connectivity index (χ4v) is 1.16. The smallest absolute Gasteiger partial charge is 0.294 e. The minimum absolute atomic E-state index is 0.108. The van der Waals surface area contributed by atoms with Crippen LogP contribution in [0.2, 0.25) is 0 Å². The first-order chi connectivity index (χ1) is 6.24. The van der Waals surface area contributed by atoms with Crippen LogP contribution in [-0.2, 0) is 0 Å². The van der Waals surface area contributed by atoms with Gasteiger partial charge in [-0.3, -0.25) is 4.79 Å². The van der Waals surface area contributed by atoms with E-state index in [1.165, 1.54) is 6.33 Å². The summed E-state index contributed by atoms with van der Waals surface area (Å²) in [5.74, 6) is 0.418. The van der Waals surface area contributed by atoms with E-state index in [0.717, 1.165) is 0 Å². The normalized spacial score (nSPS) is 10.2. The van der Waals surface area contributed by atoms with E-state index in [4.69, 9.17) is 9.68 Å². The number of hydrogen-bond acceptors (Lipinski definition) is 4. The third kappa shape index (κ3) is 0.924. The Morgan fingerprint density at radius 1 is 1.69 bits per heavy atom. The molecule has 2 heterocycles. The molecular formula is C8H5N3O2. The predicted octanol–water partition coefficient (Wildman–Crippen LogP) is 0.696. The monoisotopic (exact) mass is 175 g/mol. The molecule has 0 spiro atoms. The average Bonchev–Trinajstić information content (AvgIpc) is 2.43. The maximum Gasteiger partial charge on any atom is 0.294 e. The van der Waals surface area contributed by atoms with Gasteiger partial charge in [-0.15, -0.1) is 0 Å². The molecule has 0 amide bonds. The van der Waals surface area contributed by atoms with E-state index in [0.29, 0.717) is 16.8 Å². The third-order valence-corrected chi connectivity index (χ3v) is 1.77. The Kier molecular flexibility index (Phi) is 1.43. The van der Waals surface area contributed by atoms with Crippen molar-refractivity contribution in [1.82, 2.24) is 9.97 Å². The number of aromatic nitrogens is 2. The molecule has 0 aliphatic carbocycles. The number of nitrogens with zero attached hydrogens (tertiary/aromatic N) is 2. The molecule has 2 aromatic rings. The number of aryl methyl sites for hydroxylation is 1. The predicted molar refractivity (Wildman–Crippen MR) is 44.1 cm³/mol. The summed E-state index contributed by atoms with van der Waals surface area (Å²) >= 11 is 0. The van der Waals surface area contributed by atoms with E-state index in [1.807, 2.05) is 6.07 Å². The zero-order valence-corrected chi connectivity index (χ0v) is 6.79. The molecule has 64 valence electrons. The zero-order valence-electron chi connectivity index (χ0n) is 6.79. The highest BCUT2D eigenvalue weighted by atomic mass is 16.3. The van der Waals surface area contributed by atoms with E-state index >= 15 is 0 Å². The van der Waals surface area contributed by atoms with E-state index in [1.54, 1.807) is 6.92 Å². The SMILES string of the molecule is Cc1oc2c(=O)[nH]cnc2c1C#N. The first-order valence-corrected chi connectivity index (χ1v) is 3.61. The number of furan rings is 1. The Bertz CT molecular complexity index is 559. The van der Waals surface area contributed by atoms with Gasteiger partial charge in [0.15, 0.2) is 0 Å². The van der Waals surface area contributed by atoms with Gasteiger partial charge in [0.2, 0.25) is 5.58 Å². The Morgan fingerprint density at radius 3 is 3.15 bits per heavy atom. The Hall–Kier alpha value is -2.09. The summed E-state index contributed by atoms with van der Waals surface area (Å²) < 4.78 is 5.09. The van der Waals surface area contributed by atoms with E-state index in [-0.39, 0.29) is 11.1 Å². The van der Waals surface area contributed by atoms with Crippen LogP contribution in [0.15, 0.2) is 15.5 Å². The lowest BCUT2D eigenvalue weighted by Crippen LogP contribution is -2.04. The average molecular weight is 175 g/mol. The topological polar surface area (TPSA) is 82.7 Å². The number of aromatic amines is 1. The van der Waals surface area contributed by atoms with Crippen molar-refractivity contribution in [2.75, 3.05) is 0 Å². The summed E-state index contributed by atoms with van der Waals surface area (Å²) in [4.78, 5) is 17.4. The number of rotatable bonds is 0. The summed E-state index contributed by atoms with van der Waals surface area (Å²) in [5, 5.41) is 8.73. The summed E-state index contributed by atoms with van der Waals surface area (Å²) in [7, 11) is 0. The molecule has 0 unspecified atom stereocenters. The number of nitriles is 1. The van der Waals surface area contributed by atoms with Crippen molar-refractivity contribution < 1.29 is 4.42 Å². The molecule has 5 nitrogen and oxygen atoms in total. The Labute approximate surface area is 72.6 Å². The van der Waals surface area contributed by atoms with Crippen molar-refractivity contribution in [3.8, 4) is 6.07 Å². The van der Waals surface area contributed by atoms with Crippen molar-refractivity contribution in [3.63, 3.8) is 0 Å². The van der Waals surface area contributed by atoms with Gasteiger partial charge in [0.1, 0.15) is 22.9 Å². The molecule has 0 atom stereocenters. The first-order valence-electron chi connectivity index (χ1n) is 3.61. The first kappa shape index (κ1) is 7.55. The molecule has 0 saturated carbocycles. The standard InChI is InChI=1S/C8H5N3O2/c1-4-5(2-9)6-7(13-4)8(12)11-3-10-6/h3H,1H3,(H,10,11,12). The van der Waals surface area contributed by atoms with Crippen LogP contribution in [0, 0.1) is 18.3 Å². The second-order valence-corrected chi connectivity index (χ2v) is 2.55. The zero-order chi connectivity index (χ0) is 9.42. The van der Waals surface area contributed by atoms with Crippen molar-refractivity contribution in [3.05, 3.63) is 28.0 Å². The van der Waals surface area contributed by atoms with Gasteiger partial charge in [-0.1, -0.05) is 0 Å². The number of nitrogens with one attached hydrogen (secondary N) is 1. The molecular weight excluding hydrogens is 170 g/mol. The molecule has 0 saturated heterocycles. The number of fused-ring (bicyclic) bond motifs is 1. The van der Waals surface area contributed by atoms with Crippen LogP contribution in [0.4, 0.5) is 0 Å². The van der Waals surface area contributed by atoms with Crippen molar-refractivity contribution in [2.45, 2.75) is 6.92 Å². The van der Waals surface area contributed by atoms with E-state index < -0.39 is 0 Å². The van der Waals surface area contributed by atoms with Crippen LogP contribution in [0.25, 0.3) is 11.1 Å². The summed E-state index contributed by atoms with van der Waals surface area (Å²) in [5.41, 5.74) is 0.385. The van der Waals surface area contributed by atoms with Gasteiger partial charge >= 0.3 is 0 Å². The van der Waals surface area contributed by atoms with Gasteiger partial charge in [0.25, 0.3) is 5.56 Å². The molecule has 0 fully saturated rings. The van der Waals surface area contributed by atoms with E-state index in [2.05, 4.69) is 9.97 Å². The number of hydrogen-bond donors (Lipinski definition) is 1. The van der Waals surface area contributed by atoms with Crippen LogP contribution in [-0.4, -0.2) is 9.97 Å². The maximum absolute atomic E-state index is 11.2. The van der Waals surface area contributed by atoms with Gasteiger partial charge in [0, 0.05) is 0 Å². The maximum atomic E-state index is 11.2. The molecule has 0 bridgehead atoms. The quantitative estimate of drug-likeness (QED) is 0.638. The van der Waals surface area contributed by atoms with Crippen molar-refractivity contribution in [1.29, 1.82) is 5.26 Å². The molecule has 0 aliphatic rings. The lowest BCUT2D eigenvalue weighted by Gasteiger charge is -1.83. The molecule has 0 aromatic carbocycles. The summed E-state index contributed by atoms with van der Waals surface area (Å²) in [6, 6.07) is 1.94. The van der Waals surface area contributed by atoms with Crippen LogP contribution in [0.5, 0.6) is 0 Å². The van der Waals surface area contributed by atoms with Crippen molar-refractivity contribution >= 4 is 11.1 Å². The lowest BCUT2D eigenvalue weighted by atomic mass is 10.2. The molecule has 0 radical (unpaired) electrons. The van der Waals surface area contributed by atoms with Crippen LogP contribution < -0.4 is 5.56 Å². The van der Waals surface area contributed by atoms with Crippen LogP contribution >= 0.6 is 0 Å². The lowest BCUT2D eigenvalue weighted by molar-refractivity contribution is 0.572. The minimum atomic E-state index is -0.366. The summed E-state index contributed by atoms with van der Waals surface area (Å²) in [6.45, 7) is 1.62. The highest BCUT2D eigenvalue weighted by Gasteiger charge is 2.13. The fraction of sp³-hybridized carbons (Fsp3) is 0.125. The Balaban J connectivity index is 3.05. The summed E-state index contributed by atoms with van der Waals surface area (Å²) in [6.07, 6.45) is 1.25. The molecule has 5 heteroatoms. The molecule has 2 aromatic heterocycles. The molecule has 2 rings (SSSR count).